The van der Waals surface area contributed by atoms with E-state index < -0.39 is 0 Å². The van der Waals surface area contributed by atoms with Crippen LogP contribution in [0.2, 0.25) is 5.15 Å². The Bertz CT molecular complexity index is 882. The first-order valence-electron chi connectivity index (χ1n) is 6.13. The molecule has 3 aromatic heterocycles. The van der Waals surface area contributed by atoms with E-state index in [-0.39, 0.29) is 5.69 Å². The van der Waals surface area contributed by atoms with Gasteiger partial charge in [-0.3, -0.25) is 4.57 Å². The van der Waals surface area contributed by atoms with Gasteiger partial charge in [0.25, 0.3) is 0 Å². The highest BCUT2D eigenvalue weighted by Gasteiger charge is 2.14. The number of thiophene rings is 1. The summed E-state index contributed by atoms with van der Waals surface area (Å²) in [6.45, 7) is 4.07. The number of H-pyrrole nitrogens is 1. The van der Waals surface area contributed by atoms with Crippen LogP contribution in [0, 0.1) is 13.8 Å². The molecule has 21 heavy (non-hydrogen) atoms. The summed E-state index contributed by atoms with van der Waals surface area (Å²) in [5.74, 6) is 1.14. The first-order valence-corrected chi connectivity index (χ1v) is 8.31. The normalized spacial score (nSPS) is 11.4. The lowest BCUT2D eigenvalue weighted by atomic mass is 10.2. The molecule has 0 aliphatic carbocycles. The van der Waals surface area contributed by atoms with Crippen molar-refractivity contribution >= 4 is 44.9 Å². The summed E-state index contributed by atoms with van der Waals surface area (Å²) >= 11 is 9.27. The number of thioether (sulfide) groups is 1. The molecule has 0 aromatic carbocycles. The molecule has 3 heterocycles. The Kier molecular flexibility index (Phi) is 3.76. The molecule has 1 N–H and O–H groups in total. The maximum absolute atomic E-state index is 11.3. The third-order valence-corrected chi connectivity index (χ3v) is 5.60. The van der Waals surface area contributed by atoms with Gasteiger partial charge in [0.15, 0.2) is 5.16 Å². The van der Waals surface area contributed by atoms with Crippen molar-refractivity contribution in [1.29, 1.82) is 0 Å². The van der Waals surface area contributed by atoms with Crippen LogP contribution in [-0.4, -0.2) is 24.7 Å². The fraction of sp³-hybridized carbons (Fsp3) is 0.333. The van der Waals surface area contributed by atoms with Gasteiger partial charge in [-0.05, 0) is 19.4 Å². The number of nitrogens with zero attached hydrogens (tertiary/aromatic N) is 4. The largest absolute Gasteiger partial charge is 0.343 e. The van der Waals surface area contributed by atoms with Gasteiger partial charge in [0.1, 0.15) is 15.8 Å². The number of aromatic amines is 1. The molecule has 3 aromatic rings. The van der Waals surface area contributed by atoms with Crippen molar-refractivity contribution < 1.29 is 0 Å². The molecule has 0 saturated carbocycles. The van der Waals surface area contributed by atoms with E-state index in [1.54, 1.807) is 18.4 Å². The van der Waals surface area contributed by atoms with E-state index >= 15 is 0 Å². The lowest BCUT2D eigenvalue weighted by Gasteiger charge is -2.02. The van der Waals surface area contributed by atoms with E-state index in [1.165, 1.54) is 21.2 Å². The number of hydrogen-bond donors (Lipinski definition) is 1. The predicted molar refractivity (Wildman–Crippen MR) is 85.3 cm³/mol. The van der Waals surface area contributed by atoms with Gasteiger partial charge >= 0.3 is 5.69 Å². The van der Waals surface area contributed by atoms with E-state index in [9.17, 15) is 4.79 Å². The zero-order valence-corrected chi connectivity index (χ0v) is 14.0. The summed E-state index contributed by atoms with van der Waals surface area (Å²) in [7, 11) is 1.66. The molecule has 0 spiro atoms. The summed E-state index contributed by atoms with van der Waals surface area (Å²) < 4.78 is 1.45. The molecule has 0 amide bonds. The summed E-state index contributed by atoms with van der Waals surface area (Å²) in [4.78, 5) is 22.3. The van der Waals surface area contributed by atoms with Gasteiger partial charge in [-0.25, -0.2) is 19.9 Å². The number of rotatable bonds is 3. The van der Waals surface area contributed by atoms with Crippen molar-refractivity contribution in [3.63, 3.8) is 0 Å². The summed E-state index contributed by atoms with van der Waals surface area (Å²) in [5, 5.41) is 8.34. The van der Waals surface area contributed by atoms with Crippen molar-refractivity contribution in [1.82, 2.24) is 24.7 Å². The van der Waals surface area contributed by atoms with Crippen LogP contribution in [0.4, 0.5) is 0 Å². The van der Waals surface area contributed by atoms with Crippen LogP contribution in [-0.2, 0) is 12.8 Å². The molecular formula is C12H12ClN5OS2. The van der Waals surface area contributed by atoms with Crippen LogP contribution in [0.15, 0.2) is 9.95 Å². The van der Waals surface area contributed by atoms with Crippen LogP contribution in [0.25, 0.3) is 10.2 Å². The first-order chi connectivity index (χ1) is 9.97. The molecule has 0 fully saturated rings. The standard InChI is InChI=1S/C12H12ClN5OS2/c1-5-6(2)21-10-8(5)9(13)14-7(15-10)4-20-12-17-16-11(19)18(12)3/h4H2,1-3H3,(H,16,19). The predicted octanol–water partition coefficient (Wildman–Crippen LogP) is 2.68. The van der Waals surface area contributed by atoms with E-state index in [0.717, 1.165) is 15.8 Å². The monoisotopic (exact) mass is 341 g/mol. The second-order valence-corrected chi connectivity index (χ2v) is 7.06. The van der Waals surface area contributed by atoms with Crippen LogP contribution in [0.1, 0.15) is 16.3 Å². The summed E-state index contributed by atoms with van der Waals surface area (Å²) in [6, 6.07) is 0. The highest BCUT2D eigenvalue weighted by atomic mass is 35.5. The molecule has 0 unspecified atom stereocenters. The number of nitrogens with one attached hydrogen (secondary N) is 1. The minimum atomic E-state index is -0.239. The maximum atomic E-state index is 11.3. The highest BCUT2D eigenvalue weighted by molar-refractivity contribution is 7.98. The Morgan fingerprint density at radius 2 is 2.14 bits per heavy atom. The second-order valence-electron chi connectivity index (χ2n) is 4.55. The van der Waals surface area contributed by atoms with Gasteiger partial charge < -0.3 is 0 Å². The minimum Gasteiger partial charge on any atom is -0.273 e. The summed E-state index contributed by atoms with van der Waals surface area (Å²) in [5.41, 5.74) is 0.894. The molecule has 3 rings (SSSR count). The van der Waals surface area contributed by atoms with Gasteiger partial charge in [0.05, 0.1) is 11.1 Å². The number of aryl methyl sites for hydroxylation is 2. The lowest BCUT2D eigenvalue weighted by Crippen LogP contribution is -2.12. The van der Waals surface area contributed by atoms with Crippen LogP contribution in [0.5, 0.6) is 0 Å². The fourth-order valence-electron chi connectivity index (χ4n) is 1.90. The number of fused-ring (bicyclic) bond motifs is 1. The first kappa shape index (κ1) is 14.6. The van der Waals surface area contributed by atoms with Gasteiger partial charge in [-0.1, -0.05) is 23.4 Å². The van der Waals surface area contributed by atoms with Crippen molar-refractivity contribution in [3.8, 4) is 0 Å². The number of halogens is 1. The number of hydrogen-bond acceptors (Lipinski definition) is 6. The average Bonchev–Trinajstić information content (AvgIpc) is 2.90. The molecule has 0 saturated heterocycles. The molecule has 0 bridgehead atoms. The highest BCUT2D eigenvalue weighted by Crippen LogP contribution is 2.33. The number of aromatic nitrogens is 5. The summed E-state index contributed by atoms with van der Waals surface area (Å²) in [6.07, 6.45) is 0. The van der Waals surface area contributed by atoms with E-state index in [4.69, 9.17) is 11.6 Å². The topological polar surface area (TPSA) is 76.5 Å². The Morgan fingerprint density at radius 1 is 1.38 bits per heavy atom. The molecule has 0 aliphatic rings. The Balaban J connectivity index is 1.91. The van der Waals surface area contributed by atoms with Gasteiger partial charge in [0, 0.05) is 11.9 Å². The quantitative estimate of drug-likeness (QED) is 0.585. The van der Waals surface area contributed by atoms with Crippen molar-refractivity contribution in [3.05, 3.63) is 31.9 Å². The van der Waals surface area contributed by atoms with Crippen LogP contribution >= 0.6 is 34.7 Å². The van der Waals surface area contributed by atoms with Crippen LogP contribution in [0.3, 0.4) is 0 Å². The zero-order valence-electron chi connectivity index (χ0n) is 11.6. The minimum absolute atomic E-state index is 0.239. The Morgan fingerprint density at radius 3 is 2.81 bits per heavy atom. The van der Waals surface area contributed by atoms with E-state index in [2.05, 4.69) is 20.2 Å². The van der Waals surface area contributed by atoms with Crippen molar-refractivity contribution in [2.45, 2.75) is 24.8 Å². The maximum Gasteiger partial charge on any atom is 0.343 e. The smallest absolute Gasteiger partial charge is 0.273 e. The Labute approximate surface area is 133 Å². The van der Waals surface area contributed by atoms with E-state index in [0.29, 0.717) is 21.9 Å². The van der Waals surface area contributed by atoms with Gasteiger partial charge in [-0.15, -0.1) is 16.4 Å². The SMILES string of the molecule is Cc1sc2nc(CSc3n[nH]c(=O)n3C)nc(Cl)c2c1C. The fourth-order valence-corrected chi connectivity index (χ4v) is 4.10. The van der Waals surface area contributed by atoms with Gasteiger partial charge in [-0.2, -0.15) is 0 Å². The van der Waals surface area contributed by atoms with E-state index in [1.807, 2.05) is 13.8 Å². The third-order valence-electron chi connectivity index (χ3n) is 3.20. The van der Waals surface area contributed by atoms with Gasteiger partial charge in [0.2, 0.25) is 0 Å². The molecule has 6 nitrogen and oxygen atoms in total. The molecule has 110 valence electrons. The van der Waals surface area contributed by atoms with Crippen LogP contribution < -0.4 is 5.69 Å². The molecular weight excluding hydrogens is 330 g/mol. The Hall–Kier alpha value is -1.38. The third kappa shape index (κ3) is 2.58. The molecule has 9 heteroatoms. The molecule has 0 radical (unpaired) electrons. The average molecular weight is 342 g/mol. The lowest BCUT2D eigenvalue weighted by molar-refractivity contribution is 0.765. The second kappa shape index (κ2) is 5.43. The van der Waals surface area contributed by atoms with Crippen molar-refractivity contribution in [2.75, 3.05) is 0 Å². The zero-order chi connectivity index (χ0) is 15.1. The van der Waals surface area contributed by atoms with Crippen molar-refractivity contribution in [2.24, 2.45) is 7.05 Å². The molecule has 0 aliphatic heterocycles. The molecule has 0 atom stereocenters.